The lowest BCUT2D eigenvalue weighted by atomic mass is 9.66. The summed E-state index contributed by atoms with van der Waals surface area (Å²) in [6, 6.07) is 37.0. The molecule has 3 aliphatic carbocycles. The van der Waals surface area contributed by atoms with E-state index < -0.39 is 0 Å². The van der Waals surface area contributed by atoms with Crippen LogP contribution >= 0.6 is 0 Å². The molecule has 4 aromatic carbocycles. The molecule has 3 nitrogen and oxygen atoms in total. The van der Waals surface area contributed by atoms with Gasteiger partial charge in [-0.15, -0.1) is 0 Å². The average molecular weight is 791 g/mol. The van der Waals surface area contributed by atoms with E-state index >= 15 is 0 Å². The van der Waals surface area contributed by atoms with Gasteiger partial charge in [0.2, 0.25) is 11.4 Å². The second-order valence-electron chi connectivity index (χ2n) is 21.4. The predicted molar refractivity (Wildman–Crippen MR) is 247 cm³/mol. The van der Waals surface area contributed by atoms with Gasteiger partial charge in [-0.05, 0) is 111 Å². The third-order valence-corrected chi connectivity index (χ3v) is 16.7. The highest BCUT2D eigenvalue weighted by molar-refractivity contribution is 6.04. The van der Waals surface area contributed by atoms with Crippen molar-refractivity contribution in [3.8, 4) is 33.6 Å². The molecule has 0 saturated heterocycles. The van der Waals surface area contributed by atoms with Crippen LogP contribution in [0.5, 0.6) is 0 Å². The van der Waals surface area contributed by atoms with Crippen LogP contribution in [-0.4, -0.2) is 0 Å². The molecule has 3 atom stereocenters. The second-order valence-corrected chi connectivity index (χ2v) is 21.4. The third kappa shape index (κ3) is 5.26. The van der Waals surface area contributed by atoms with Crippen LogP contribution in [0.1, 0.15) is 140 Å². The first-order chi connectivity index (χ1) is 28.7. The van der Waals surface area contributed by atoms with Crippen molar-refractivity contribution in [3.05, 3.63) is 143 Å². The Labute approximate surface area is 357 Å². The summed E-state index contributed by atoms with van der Waals surface area (Å²) in [5.74, 6) is 0.325. The molecule has 3 aromatic heterocycles. The summed E-state index contributed by atoms with van der Waals surface area (Å²) < 4.78 is 12.0. The number of fused-ring (bicyclic) bond motifs is 12. The maximum atomic E-state index is 6.63. The molecule has 0 amide bonds. The number of nitrogens with zero attached hydrogens (tertiary/aromatic N) is 2. The lowest BCUT2D eigenvalue weighted by molar-refractivity contribution is -0.764. The SMILES string of the molecule is CCC1(CC)C(CC[n+]2cc3c(cc2-c2cc(-c4ccccc4)ccc2C)C(C)(C)CC3(C)C)c2cc3c(cc2-c2cc4oc5ccccc5c4c[n+]21)C1(C)CCC3(C)C1. The molecule has 1 saturated carbocycles. The number of para-hydroxylation sites is 1. The van der Waals surface area contributed by atoms with E-state index in [9.17, 15) is 0 Å². The molecule has 0 radical (unpaired) electrons. The topological polar surface area (TPSA) is 20.9 Å². The molecule has 60 heavy (non-hydrogen) atoms. The van der Waals surface area contributed by atoms with E-state index in [1.165, 1.54) is 80.4 Å². The predicted octanol–water partition coefficient (Wildman–Crippen LogP) is 13.8. The van der Waals surface area contributed by atoms with Gasteiger partial charge in [0, 0.05) is 41.8 Å². The highest BCUT2D eigenvalue weighted by atomic mass is 16.3. The smallest absolute Gasteiger partial charge is 0.217 e. The zero-order valence-corrected chi connectivity index (χ0v) is 37.4. The lowest BCUT2D eigenvalue weighted by Gasteiger charge is -2.41. The summed E-state index contributed by atoms with van der Waals surface area (Å²) in [6.45, 7) is 23.1. The molecule has 0 spiro atoms. The maximum absolute atomic E-state index is 6.63. The number of hydrogen-bond donors (Lipinski definition) is 0. The highest BCUT2D eigenvalue weighted by Gasteiger charge is 2.57. The Morgan fingerprint density at radius 2 is 1.30 bits per heavy atom. The molecule has 304 valence electrons. The van der Waals surface area contributed by atoms with Gasteiger partial charge in [0.05, 0.1) is 22.9 Å². The van der Waals surface area contributed by atoms with Crippen LogP contribution in [0.15, 0.2) is 114 Å². The minimum absolute atomic E-state index is 0.104. The molecule has 1 fully saturated rings. The first-order valence-electron chi connectivity index (χ1n) is 23.0. The molecule has 0 N–H and O–H groups in total. The van der Waals surface area contributed by atoms with Crippen molar-refractivity contribution in [2.24, 2.45) is 0 Å². The fourth-order valence-electron chi connectivity index (χ4n) is 13.8. The van der Waals surface area contributed by atoms with Crippen LogP contribution in [-0.2, 0) is 33.7 Å². The molecule has 2 bridgehead atoms. The van der Waals surface area contributed by atoms with Crippen molar-refractivity contribution >= 4 is 21.9 Å². The van der Waals surface area contributed by atoms with E-state index in [1.807, 2.05) is 0 Å². The number of aryl methyl sites for hydroxylation is 2. The van der Waals surface area contributed by atoms with Crippen LogP contribution in [0.4, 0.5) is 0 Å². The van der Waals surface area contributed by atoms with E-state index in [0.29, 0.717) is 5.92 Å². The van der Waals surface area contributed by atoms with Gasteiger partial charge in [-0.2, -0.15) is 9.13 Å². The summed E-state index contributed by atoms with van der Waals surface area (Å²) in [5, 5.41) is 2.42. The van der Waals surface area contributed by atoms with E-state index in [0.717, 1.165) is 43.4 Å². The Hall–Kier alpha value is -5.02. The van der Waals surface area contributed by atoms with E-state index in [1.54, 1.807) is 16.7 Å². The van der Waals surface area contributed by atoms with Crippen LogP contribution in [0, 0.1) is 6.92 Å². The summed E-state index contributed by atoms with van der Waals surface area (Å²) in [6.07, 6.45) is 13.2. The van der Waals surface area contributed by atoms with E-state index in [2.05, 4.69) is 181 Å². The van der Waals surface area contributed by atoms with Crippen molar-refractivity contribution in [1.82, 2.24) is 0 Å². The maximum Gasteiger partial charge on any atom is 0.217 e. The molecule has 3 unspecified atom stereocenters. The Kier molecular flexibility index (Phi) is 8.07. The number of furan rings is 1. The highest BCUT2D eigenvalue weighted by Crippen LogP contribution is 2.62. The lowest BCUT2D eigenvalue weighted by Crippen LogP contribution is -2.62. The summed E-state index contributed by atoms with van der Waals surface area (Å²) >= 11 is 0. The summed E-state index contributed by atoms with van der Waals surface area (Å²) in [5.41, 5.74) is 19.6. The molecule has 3 heteroatoms. The Morgan fingerprint density at radius 1 is 0.600 bits per heavy atom. The quantitative estimate of drug-likeness (QED) is 0.147. The first-order valence-corrected chi connectivity index (χ1v) is 23.0. The van der Waals surface area contributed by atoms with Gasteiger partial charge in [0.25, 0.3) is 0 Å². The molecular weight excluding hydrogens is 729 g/mol. The minimum Gasteiger partial charge on any atom is -0.456 e. The van der Waals surface area contributed by atoms with Gasteiger partial charge in [-0.3, -0.25) is 0 Å². The number of benzene rings is 4. The Balaban J connectivity index is 1.12. The van der Waals surface area contributed by atoms with Gasteiger partial charge in [0.1, 0.15) is 17.7 Å². The third-order valence-electron chi connectivity index (χ3n) is 16.7. The molecule has 11 rings (SSSR count). The molecule has 7 aromatic rings. The molecular formula is C57H62N2O+2. The minimum atomic E-state index is -0.104. The van der Waals surface area contributed by atoms with Crippen LogP contribution < -0.4 is 9.13 Å². The number of pyridine rings is 2. The average Bonchev–Trinajstić information content (AvgIpc) is 3.89. The normalized spacial score (nSPS) is 23.8. The molecule has 1 aliphatic heterocycles. The van der Waals surface area contributed by atoms with E-state index in [4.69, 9.17) is 4.42 Å². The van der Waals surface area contributed by atoms with Crippen molar-refractivity contribution < 1.29 is 13.6 Å². The standard InChI is InChI=1S/C57H62N2O/c1-10-57(11-2)44(23-26-58-33-48-45(53(4,5)34-54(48,6)7)30-49(58)40-27-38(22-21-36(40)3)37-17-13-12-14-18-37)41-28-46-47(56(9)25-24-55(46,8)35-56)29-42(41)50-31-52-43(32-59(50)57)39-19-15-16-20-51(39)60-52/h12-22,27-33,44H,10-11,23-26,34-35H2,1-9H3/q+2. The zero-order valence-electron chi connectivity index (χ0n) is 37.4. The Morgan fingerprint density at radius 3 is 2.05 bits per heavy atom. The van der Waals surface area contributed by atoms with E-state index in [-0.39, 0.29) is 27.2 Å². The van der Waals surface area contributed by atoms with Crippen molar-refractivity contribution in [1.29, 1.82) is 0 Å². The fraction of sp³-hybridized carbons (Fsp3) is 0.404. The molecule has 4 aliphatic rings. The summed E-state index contributed by atoms with van der Waals surface area (Å²) in [4.78, 5) is 0. The fourth-order valence-corrected chi connectivity index (χ4v) is 13.8. The van der Waals surface area contributed by atoms with Crippen LogP contribution in [0.25, 0.3) is 55.6 Å². The van der Waals surface area contributed by atoms with Crippen molar-refractivity contribution in [2.75, 3.05) is 0 Å². The van der Waals surface area contributed by atoms with Gasteiger partial charge in [0.15, 0.2) is 17.9 Å². The Bertz CT molecular complexity index is 2910. The second kappa shape index (κ2) is 12.8. The van der Waals surface area contributed by atoms with Crippen molar-refractivity contribution in [3.63, 3.8) is 0 Å². The van der Waals surface area contributed by atoms with Gasteiger partial charge >= 0.3 is 0 Å². The monoisotopic (exact) mass is 790 g/mol. The largest absolute Gasteiger partial charge is 0.456 e. The van der Waals surface area contributed by atoms with Gasteiger partial charge in [-0.1, -0.05) is 122 Å². The first kappa shape index (κ1) is 37.9. The number of hydrogen-bond acceptors (Lipinski definition) is 1. The number of aromatic nitrogens is 2. The zero-order chi connectivity index (χ0) is 41.6. The summed E-state index contributed by atoms with van der Waals surface area (Å²) in [7, 11) is 0. The molecule has 4 heterocycles. The van der Waals surface area contributed by atoms with Crippen LogP contribution in [0.3, 0.4) is 0 Å². The van der Waals surface area contributed by atoms with Crippen molar-refractivity contribution in [2.45, 2.75) is 147 Å². The van der Waals surface area contributed by atoms with Crippen LogP contribution in [0.2, 0.25) is 0 Å². The number of rotatable bonds is 7. The van der Waals surface area contributed by atoms with Gasteiger partial charge < -0.3 is 4.42 Å². The van der Waals surface area contributed by atoms with Gasteiger partial charge in [-0.25, -0.2) is 0 Å².